The third kappa shape index (κ3) is 1.60. The molecule has 2 N–H and O–H groups in total. The molecule has 1 aliphatic heterocycles. The fourth-order valence-electron chi connectivity index (χ4n) is 2.26. The number of carbonyl (C=O) groups is 1. The lowest BCUT2D eigenvalue weighted by molar-refractivity contribution is -0.117. The van der Waals surface area contributed by atoms with Crippen molar-refractivity contribution in [3.63, 3.8) is 0 Å². The molecular weight excluding hydrogens is 230 g/mol. The van der Waals surface area contributed by atoms with Crippen LogP contribution in [0, 0.1) is 0 Å². The van der Waals surface area contributed by atoms with Crippen LogP contribution in [0.5, 0.6) is 0 Å². The number of carbonyl (C=O) groups excluding carboxylic acids is 1. The Hall–Kier alpha value is -2.14. The third-order valence-electron chi connectivity index (χ3n) is 3.31. The maximum absolute atomic E-state index is 11.6. The molecule has 1 amide bonds. The summed E-state index contributed by atoms with van der Waals surface area (Å²) >= 11 is 0. The molecule has 1 aliphatic rings. The summed E-state index contributed by atoms with van der Waals surface area (Å²) in [7, 11) is 1.76. The quantitative estimate of drug-likeness (QED) is 0.827. The molecule has 5 nitrogen and oxygen atoms in total. The number of nitrogens with one attached hydrogen (secondary N) is 1. The van der Waals surface area contributed by atoms with Gasteiger partial charge in [0, 0.05) is 18.9 Å². The molecule has 0 spiro atoms. The molecule has 92 valence electrons. The summed E-state index contributed by atoms with van der Waals surface area (Å²) in [5.74, 6) is 0.0816. The van der Waals surface area contributed by atoms with Gasteiger partial charge in [-0.2, -0.15) is 5.10 Å². The summed E-state index contributed by atoms with van der Waals surface area (Å²) in [4.78, 5) is 13.2. The molecule has 0 fully saturated rings. The summed E-state index contributed by atoms with van der Waals surface area (Å²) in [5.41, 5.74) is 3.29. The van der Waals surface area contributed by atoms with E-state index in [2.05, 4.69) is 10.2 Å². The second kappa shape index (κ2) is 3.96. The van der Waals surface area contributed by atoms with Crippen molar-refractivity contribution in [2.24, 2.45) is 0 Å². The Labute approximate surface area is 104 Å². The lowest BCUT2D eigenvalue weighted by Crippen LogP contribution is -2.20. The number of aliphatic hydroxyl groups excluding tert-OH is 1. The zero-order valence-electron chi connectivity index (χ0n) is 9.92. The van der Waals surface area contributed by atoms with Gasteiger partial charge >= 0.3 is 0 Å². The van der Waals surface area contributed by atoms with Gasteiger partial charge in [-0.3, -0.25) is 9.89 Å². The van der Waals surface area contributed by atoms with Crippen LogP contribution in [0.4, 0.5) is 5.69 Å². The van der Waals surface area contributed by atoms with Crippen molar-refractivity contribution >= 4 is 11.6 Å². The second-order valence-electron chi connectivity index (χ2n) is 4.43. The minimum Gasteiger partial charge on any atom is -0.382 e. The summed E-state index contributed by atoms with van der Waals surface area (Å²) in [6.07, 6.45) is 1.26. The molecule has 3 rings (SSSR count). The summed E-state index contributed by atoms with van der Waals surface area (Å²) in [5, 5.41) is 16.7. The summed E-state index contributed by atoms with van der Waals surface area (Å²) < 4.78 is 0. The van der Waals surface area contributed by atoms with E-state index in [0.717, 1.165) is 16.8 Å². The van der Waals surface area contributed by atoms with Crippen LogP contribution in [0.25, 0.3) is 0 Å². The van der Waals surface area contributed by atoms with E-state index in [0.29, 0.717) is 12.1 Å². The average Bonchev–Trinajstić information content (AvgIpc) is 2.98. The number of anilines is 1. The Morgan fingerprint density at radius 2 is 2.28 bits per heavy atom. The number of aromatic nitrogens is 2. The smallest absolute Gasteiger partial charge is 0.231 e. The van der Waals surface area contributed by atoms with Gasteiger partial charge in [0.05, 0.1) is 12.1 Å². The Kier molecular flexibility index (Phi) is 2.41. The highest BCUT2D eigenvalue weighted by atomic mass is 16.3. The van der Waals surface area contributed by atoms with Crippen LogP contribution < -0.4 is 4.90 Å². The first-order valence-electron chi connectivity index (χ1n) is 5.73. The topological polar surface area (TPSA) is 69.2 Å². The van der Waals surface area contributed by atoms with Crippen LogP contribution in [0.15, 0.2) is 30.5 Å². The van der Waals surface area contributed by atoms with Gasteiger partial charge in [0.25, 0.3) is 0 Å². The van der Waals surface area contributed by atoms with Crippen LogP contribution in [0.1, 0.15) is 22.9 Å². The van der Waals surface area contributed by atoms with Gasteiger partial charge in [0.2, 0.25) is 5.91 Å². The standard InChI is InChI=1S/C13H13N3O2/c1-16-11-3-2-8(6-9(11)7-12(16)17)13(18)10-4-5-14-15-10/h2-6,13,18H,7H2,1H3,(H,14,15). The predicted octanol–water partition coefficient (Wildman–Crippen LogP) is 1.01. The molecule has 1 atom stereocenters. The normalized spacial score (nSPS) is 15.9. The first-order valence-corrected chi connectivity index (χ1v) is 5.73. The zero-order valence-corrected chi connectivity index (χ0v) is 9.92. The van der Waals surface area contributed by atoms with Gasteiger partial charge in [-0.05, 0) is 23.3 Å². The largest absolute Gasteiger partial charge is 0.382 e. The fourth-order valence-corrected chi connectivity index (χ4v) is 2.26. The number of hydrogen-bond acceptors (Lipinski definition) is 3. The third-order valence-corrected chi connectivity index (χ3v) is 3.31. The van der Waals surface area contributed by atoms with Crippen LogP contribution in [0.3, 0.4) is 0 Å². The lowest BCUT2D eigenvalue weighted by atomic mass is 10.0. The minimum atomic E-state index is -0.737. The lowest BCUT2D eigenvalue weighted by Gasteiger charge is -2.13. The molecule has 2 heterocycles. The molecule has 18 heavy (non-hydrogen) atoms. The monoisotopic (exact) mass is 243 g/mol. The van der Waals surface area contributed by atoms with E-state index >= 15 is 0 Å². The number of H-pyrrole nitrogens is 1. The molecule has 0 radical (unpaired) electrons. The maximum atomic E-state index is 11.6. The molecular formula is C13H13N3O2. The molecule has 1 unspecified atom stereocenters. The van der Waals surface area contributed by atoms with Crippen molar-refractivity contribution in [3.05, 3.63) is 47.3 Å². The zero-order chi connectivity index (χ0) is 12.7. The van der Waals surface area contributed by atoms with E-state index in [1.54, 1.807) is 24.2 Å². The highest BCUT2D eigenvalue weighted by Gasteiger charge is 2.25. The van der Waals surface area contributed by atoms with E-state index in [1.165, 1.54) is 0 Å². The van der Waals surface area contributed by atoms with Gasteiger partial charge in [0.15, 0.2) is 0 Å². The van der Waals surface area contributed by atoms with Crippen LogP contribution in [0.2, 0.25) is 0 Å². The number of aromatic amines is 1. The molecule has 5 heteroatoms. The molecule has 0 aliphatic carbocycles. The van der Waals surface area contributed by atoms with Crippen molar-refractivity contribution in [2.75, 3.05) is 11.9 Å². The van der Waals surface area contributed by atoms with Crippen molar-refractivity contribution in [2.45, 2.75) is 12.5 Å². The number of likely N-dealkylation sites (N-methyl/N-ethyl adjacent to an activating group) is 1. The van der Waals surface area contributed by atoms with Gasteiger partial charge in [-0.15, -0.1) is 0 Å². The Morgan fingerprint density at radius 1 is 1.44 bits per heavy atom. The number of benzene rings is 1. The highest BCUT2D eigenvalue weighted by molar-refractivity contribution is 6.00. The van der Waals surface area contributed by atoms with Crippen LogP contribution >= 0.6 is 0 Å². The maximum Gasteiger partial charge on any atom is 0.231 e. The van der Waals surface area contributed by atoms with Gasteiger partial charge in [0.1, 0.15) is 6.10 Å². The van der Waals surface area contributed by atoms with E-state index in [-0.39, 0.29) is 5.91 Å². The first-order chi connectivity index (χ1) is 8.66. The number of rotatable bonds is 2. The van der Waals surface area contributed by atoms with E-state index in [9.17, 15) is 9.90 Å². The SMILES string of the molecule is CN1C(=O)Cc2cc(C(O)c3ccn[nH]3)ccc21. The minimum absolute atomic E-state index is 0.0816. The molecule has 0 saturated carbocycles. The summed E-state index contributed by atoms with van der Waals surface area (Å²) in [6, 6.07) is 7.31. The first kappa shape index (κ1) is 11.0. The predicted molar refractivity (Wildman–Crippen MR) is 66.2 cm³/mol. The fraction of sp³-hybridized carbons (Fsp3) is 0.231. The van der Waals surface area contributed by atoms with Crippen LogP contribution in [-0.4, -0.2) is 28.3 Å². The number of hydrogen-bond donors (Lipinski definition) is 2. The number of amides is 1. The van der Waals surface area contributed by atoms with Crippen molar-refractivity contribution in [1.82, 2.24) is 10.2 Å². The van der Waals surface area contributed by atoms with Crippen LogP contribution in [-0.2, 0) is 11.2 Å². The number of fused-ring (bicyclic) bond motifs is 1. The van der Waals surface area contributed by atoms with Crippen molar-refractivity contribution in [3.8, 4) is 0 Å². The van der Waals surface area contributed by atoms with E-state index in [4.69, 9.17) is 0 Å². The number of nitrogens with zero attached hydrogens (tertiary/aromatic N) is 2. The van der Waals surface area contributed by atoms with Crippen molar-refractivity contribution < 1.29 is 9.90 Å². The molecule has 1 aromatic heterocycles. The van der Waals surface area contributed by atoms with Gasteiger partial charge in [-0.1, -0.05) is 12.1 Å². The van der Waals surface area contributed by atoms with E-state index in [1.807, 2.05) is 18.2 Å². The average molecular weight is 243 g/mol. The molecule has 0 bridgehead atoms. The summed E-state index contributed by atoms with van der Waals surface area (Å²) in [6.45, 7) is 0. The Morgan fingerprint density at radius 3 is 3.00 bits per heavy atom. The van der Waals surface area contributed by atoms with Gasteiger partial charge < -0.3 is 10.0 Å². The Balaban J connectivity index is 1.97. The number of aliphatic hydroxyl groups is 1. The molecule has 2 aromatic rings. The molecule has 1 aromatic carbocycles. The van der Waals surface area contributed by atoms with Gasteiger partial charge in [-0.25, -0.2) is 0 Å². The molecule has 0 saturated heterocycles. The Bertz CT molecular complexity index is 592. The second-order valence-corrected chi connectivity index (χ2v) is 4.43. The van der Waals surface area contributed by atoms with E-state index < -0.39 is 6.10 Å². The van der Waals surface area contributed by atoms with Crippen molar-refractivity contribution in [1.29, 1.82) is 0 Å². The highest BCUT2D eigenvalue weighted by Crippen LogP contribution is 2.31.